The molecule has 0 atom stereocenters. The van der Waals surface area contributed by atoms with E-state index in [1.54, 1.807) is 53.4 Å². The van der Waals surface area contributed by atoms with E-state index in [-0.39, 0.29) is 5.91 Å². The van der Waals surface area contributed by atoms with Gasteiger partial charge in [0.15, 0.2) is 0 Å². The number of carbonyl (C=O) groups excluding carboxylic acids is 2. The van der Waals surface area contributed by atoms with Gasteiger partial charge in [0.25, 0.3) is 5.91 Å². The molecule has 4 rings (SSSR count). The highest BCUT2D eigenvalue weighted by molar-refractivity contribution is 5.94. The number of nitrogens with two attached hydrogens (primary N) is 1. The zero-order valence-electron chi connectivity index (χ0n) is 17.0. The van der Waals surface area contributed by atoms with Crippen LogP contribution in [0.4, 0.5) is 0 Å². The SMILES string of the molecule is NC(=O)c1ccc(Oc2cccc(C(=O)N3CCC(O)(c4ccccc4)CC3)c2)cc1. The molecule has 6 nitrogen and oxygen atoms in total. The van der Waals surface area contributed by atoms with Crippen LogP contribution in [0.3, 0.4) is 0 Å². The van der Waals surface area contributed by atoms with Gasteiger partial charge in [-0.2, -0.15) is 0 Å². The lowest BCUT2D eigenvalue weighted by Gasteiger charge is -2.38. The fourth-order valence-electron chi connectivity index (χ4n) is 3.82. The van der Waals surface area contributed by atoms with Crippen molar-refractivity contribution in [2.75, 3.05) is 13.1 Å². The summed E-state index contributed by atoms with van der Waals surface area (Å²) in [6.07, 6.45) is 0.982. The Kier molecular flexibility index (Phi) is 5.73. The smallest absolute Gasteiger partial charge is 0.253 e. The molecular formula is C25H24N2O4. The van der Waals surface area contributed by atoms with Crippen LogP contribution >= 0.6 is 0 Å². The van der Waals surface area contributed by atoms with Gasteiger partial charge in [0.1, 0.15) is 11.5 Å². The van der Waals surface area contributed by atoms with Crippen LogP contribution < -0.4 is 10.5 Å². The summed E-state index contributed by atoms with van der Waals surface area (Å²) in [5.41, 5.74) is 6.16. The number of hydrogen-bond donors (Lipinski definition) is 2. The maximum Gasteiger partial charge on any atom is 0.253 e. The quantitative estimate of drug-likeness (QED) is 0.663. The molecule has 1 aliphatic heterocycles. The van der Waals surface area contributed by atoms with Crippen LogP contribution in [-0.4, -0.2) is 34.9 Å². The predicted molar refractivity (Wildman–Crippen MR) is 117 cm³/mol. The number of nitrogens with zero attached hydrogens (tertiary/aromatic N) is 1. The number of piperidine rings is 1. The van der Waals surface area contributed by atoms with Crippen LogP contribution in [0, 0.1) is 0 Å². The first kappa shape index (κ1) is 20.6. The Morgan fingerprint density at radius 2 is 1.52 bits per heavy atom. The lowest BCUT2D eigenvalue weighted by Crippen LogP contribution is -2.45. The van der Waals surface area contributed by atoms with Gasteiger partial charge < -0.3 is 20.5 Å². The molecule has 0 radical (unpaired) electrons. The van der Waals surface area contributed by atoms with E-state index in [1.807, 2.05) is 30.3 Å². The molecule has 0 aliphatic carbocycles. The summed E-state index contributed by atoms with van der Waals surface area (Å²) in [5.74, 6) is 0.473. The molecule has 158 valence electrons. The molecule has 0 saturated carbocycles. The Morgan fingerprint density at radius 1 is 0.839 bits per heavy atom. The number of hydrogen-bond acceptors (Lipinski definition) is 4. The van der Waals surface area contributed by atoms with Gasteiger partial charge in [-0.1, -0.05) is 36.4 Å². The Labute approximate surface area is 180 Å². The summed E-state index contributed by atoms with van der Waals surface area (Å²) in [7, 11) is 0. The van der Waals surface area contributed by atoms with E-state index in [2.05, 4.69) is 0 Å². The molecule has 1 fully saturated rings. The monoisotopic (exact) mass is 416 g/mol. The molecule has 1 heterocycles. The van der Waals surface area contributed by atoms with Crippen LogP contribution in [-0.2, 0) is 5.60 Å². The maximum atomic E-state index is 13.0. The topological polar surface area (TPSA) is 92.9 Å². The second-order valence-electron chi connectivity index (χ2n) is 7.71. The number of benzene rings is 3. The van der Waals surface area contributed by atoms with Crippen LogP contribution in [0.1, 0.15) is 39.1 Å². The zero-order chi connectivity index (χ0) is 21.8. The first-order valence-electron chi connectivity index (χ1n) is 10.2. The maximum absolute atomic E-state index is 13.0. The van der Waals surface area contributed by atoms with E-state index in [4.69, 9.17) is 10.5 Å². The van der Waals surface area contributed by atoms with Crippen LogP contribution in [0.15, 0.2) is 78.9 Å². The number of primary amides is 1. The molecule has 3 N–H and O–H groups in total. The summed E-state index contributed by atoms with van der Waals surface area (Å²) >= 11 is 0. The average molecular weight is 416 g/mol. The first-order chi connectivity index (χ1) is 14.9. The Morgan fingerprint density at radius 3 is 2.16 bits per heavy atom. The van der Waals surface area contributed by atoms with Crippen molar-refractivity contribution >= 4 is 11.8 Å². The fourth-order valence-corrected chi connectivity index (χ4v) is 3.82. The summed E-state index contributed by atoms with van der Waals surface area (Å²) in [5, 5.41) is 11.0. The second-order valence-corrected chi connectivity index (χ2v) is 7.71. The number of carbonyl (C=O) groups is 2. The summed E-state index contributed by atoms with van der Waals surface area (Å²) in [4.78, 5) is 26.0. The van der Waals surface area contributed by atoms with Gasteiger partial charge in [-0.15, -0.1) is 0 Å². The Hall–Kier alpha value is -3.64. The second kappa shape index (κ2) is 8.62. The van der Waals surface area contributed by atoms with Crippen molar-refractivity contribution in [3.8, 4) is 11.5 Å². The van der Waals surface area contributed by atoms with Crippen molar-refractivity contribution in [3.63, 3.8) is 0 Å². The van der Waals surface area contributed by atoms with Crippen molar-refractivity contribution in [2.45, 2.75) is 18.4 Å². The third-order valence-electron chi connectivity index (χ3n) is 5.64. The van der Waals surface area contributed by atoms with Gasteiger partial charge in [-0.3, -0.25) is 9.59 Å². The van der Waals surface area contributed by atoms with Crippen molar-refractivity contribution in [2.24, 2.45) is 5.73 Å². The molecule has 0 unspecified atom stereocenters. The average Bonchev–Trinajstić information content (AvgIpc) is 2.80. The number of rotatable bonds is 5. The normalized spacial score (nSPS) is 15.3. The molecule has 6 heteroatoms. The van der Waals surface area contributed by atoms with Crippen molar-refractivity contribution in [3.05, 3.63) is 95.6 Å². The lowest BCUT2D eigenvalue weighted by atomic mass is 9.84. The number of aliphatic hydroxyl groups is 1. The van der Waals surface area contributed by atoms with Crippen LogP contribution in [0.25, 0.3) is 0 Å². The highest BCUT2D eigenvalue weighted by Gasteiger charge is 2.35. The van der Waals surface area contributed by atoms with Gasteiger partial charge >= 0.3 is 0 Å². The van der Waals surface area contributed by atoms with Crippen LogP contribution in [0.5, 0.6) is 11.5 Å². The highest BCUT2D eigenvalue weighted by atomic mass is 16.5. The van der Waals surface area contributed by atoms with Gasteiger partial charge in [0.2, 0.25) is 5.91 Å². The lowest BCUT2D eigenvalue weighted by molar-refractivity contribution is -0.0211. The number of likely N-dealkylation sites (tertiary alicyclic amines) is 1. The van der Waals surface area contributed by atoms with Crippen molar-refractivity contribution in [1.29, 1.82) is 0 Å². The Bertz CT molecular complexity index is 1070. The molecule has 31 heavy (non-hydrogen) atoms. The Balaban J connectivity index is 1.42. The fraction of sp³-hybridized carbons (Fsp3) is 0.200. The molecule has 3 aromatic carbocycles. The third-order valence-corrected chi connectivity index (χ3v) is 5.64. The first-order valence-corrected chi connectivity index (χ1v) is 10.2. The third kappa shape index (κ3) is 4.59. The van der Waals surface area contributed by atoms with E-state index < -0.39 is 11.5 Å². The molecular weight excluding hydrogens is 392 g/mol. The molecule has 1 aliphatic rings. The summed E-state index contributed by atoms with van der Waals surface area (Å²) in [6.45, 7) is 0.952. The minimum atomic E-state index is -0.903. The van der Waals surface area contributed by atoms with E-state index in [0.717, 1.165) is 5.56 Å². The van der Waals surface area contributed by atoms with E-state index in [0.29, 0.717) is 48.6 Å². The minimum absolute atomic E-state index is 0.0929. The van der Waals surface area contributed by atoms with Gasteiger partial charge in [0.05, 0.1) is 5.60 Å². The number of ether oxygens (including phenoxy) is 1. The van der Waals surface area contributed by atoms with Gasteiger partial charge in [-0.25, -0.2) is 0 Å². The van der Waals surface area contributed by atoms with Crippen LogP contribution in [0.2, 0.25) is 0 Å². The standard InChI is InChI=1S/C25H24N2O4/c26-23(28)18-9-11-21(12-10-18)31-22-8-4-5-19(17-22)24(29)27-15-13-25(30,14-16-27)20-6-2-1-3-7-20/h1-12,17,30H,13-16H2,(H2,26,28). The van der Waals surface area contributed by atoms with E-state index in [1.165, 1.54) is 0 Å². The number of amides is 2. The van der Waals surface area contributed by atoms with Gasteiger partial charge in [-0.05, 0) is 60.9 Å². The molecule has 3 aromatic rings. The van der Waals surface area contributed by atoms with Crippen molar-refractivity contribution in [1.82, 2.24) is 4.90 Å². The van der Waals surface area contributed by atoms with Gasteiger partial charge in [0, 0.05) is 24.2 Å². The van der Waals surface area contributed by atoms with E-state index in [9.17, 15) is 14.7 Å². The van der Waals surface area contributed by atoms with Crippen molar-refractivity contribution < 1.29 is 19.4 Å². The molecule has 0 spiro atoms. The predicted octanol–water partition coefficient (Wildman–Crippen LogP) is 3.70. The van der Waals surface area contributed by atoms with E-state index >= 15 is 0 Å². The molecule has 0 bridgehead atoms. The summed E-state index contributed by atoms with van der Waals surface area (Å²) < 4.78 is 5.82. The zero-order valence-corrected chi connectivity index (χ0v) is 17.0. The molecule has 2 amide bonds. The molecule has 1 saturated heterocycles. The largest absolute Gasteiger partial charge is 0.457 e. The summed E-state index contributed by atoms with van der Waals surface area (Å²) in [6, 6.07) is 23.1. The highest BCUT2D eigenvalue weighted by Crippen LogP contribution is 2.33. The minimum Gasteiger partial charge on any atom is -0.457 e. The molecule has 0 aromatic heterocycles.